The van der Waals surface area contributed by atoms with Gasteiger partial charge in [0.2, 0.25) is 0 Å². The highest BCUT2D eigenvalue weighted by Gasteiger charge is 2.13. The molecule has 2 atom stereocenters. The van der Waals surface area contributed by atoms with E-state index in [0.29, 0.717) is 0 Å². The molecule has 0 saturated heterocycles. The van der Waals surface area contributed by atoms with Crippen molar-refractivity contribution >= 4 is 27.4 Å². The minimum Gasteiger partial charge on any atom is -0.396 e. The van der Waals surface area contributed by atoms with Crippen molar-refractivity contribution in [2.45, 2.75) is 19.9 Å². The summed E-state index contributed by atoms with van der Waals surface area (Å²) in [7, 11) is 0. The normalized spacial score (nSPS) is 14.9. The third-order valence-electron chi connectivity index (χ3n) is 2.88. The molecule has 0 aliphatic carbocycles. The summed E-state index contributed by atoms with van der Waals surface area (Å²) in [5, 5.41) is 14.7. The number of anilines is 1. The van der Waals surface area contributed by atoms with Gasteiger partial charge in [0.05, 0.1) is 5.52 Å². The zero-order valence-electron chi connectivity index (χ0n) is 9.47. The van der Waals surface area contributed by atoms with E-state index in [-0.39, 0.29) is 18.6 Å². The molecule has 2 unspecified atom stereocenters. The molecule has 0 fully saturated rings. The predicted molar refractivity (Wildman–Crippen MR) is 69.0 cm³/mol. The van der Waals surface area contributed by atoms with Crippen LogP contribution in [0.15, 0.2) is 24.3 Å². The predicted octanol–water partition coefficient (Wildman–Crippen LogP) is 2.73. The molecule has 0 saturated carbocycles. The third-order valence-corrected chi connectivity index (χ3v) is 3.69. The van der Waals surface area contributed by atoms with Gasteiger partial charge in [0.25, 0.3) is 0 Å². The fourth-order valence-corrected chi connectivity index (χ4v) is 2.36. The first-order chi connectivity index (χ1) is 7.72. The fraction of sp³-hybridized carbons (Fsp3) is 0.417. The van der Waals surface area contributed by atoms with E-state index in [1.54, 1.807) is 0 Å². The van der Waals surface area contributed by atoms with Crippen LogP contribution in [0, 0.1) is 5.92 Å². The summed E-state index contributed by atoms with van der Waals surface area (Å²) in [6, 6.07) is 8.33. The van der Waals surface area contributed by atoms with Gasteiger partial charge in [0.15, 0.2) is 0 Å². The van der Waals surface area contributed by atoms with Gasteiger partial charge in [-0.1, -0.05) is 19.1 Å². The highest BCUT2D eigenvalue weighted by Crippen LogP contribution is 2.28. The van der Waals surface area contributed by atoms with Crippen molar-refractivity contribution in [1.82, 2.24) is 4.37 Å². The molecule has 0 aliphatic heterocycles. The second-order valence-electron chi connectivity index (χ2n) is 4.12. The largest absolute Gasteiger partial charge is 0.396 e. The highest BCUT2D eigenvalue weighted by molar-refractivity contribution is 7.11. The molecule has 4 heteroatoms. The van der Waals surface area contributed by atoms with Gasteiger partial charge in [-0.2, -0.15) is 4.37 Å². The van der Waals surface area contributed by atoms with Crippen LogP contribution in [-0.2, 0) is 0 Å². The molecule has 3 nitrogen and oxygen atoms in total. The number of nitrogens with one attached hydrogen (secondary N) is 1. The Morgan fingerprint density at radius 3 is 2.88 bits per heavy atom. The lowest BCUT2D eigenvalue weighted by molar-refractivity contribution is 0.226. The molecule has 16 heavy (non-hydrogen) atoms. The summed E-state index contributed by atoms with van der Waals surface area (Å²) < 4.78 is 4.37. The van der Waals surface area contributed by atoms with Crippen LogP contribution in [0.25, 0.3) is 10.9 Å². The van der Waals surface area contributed by atoms with Gasteiger partial charge in [0.1, 0.15) is 5.00 Å². The Bertz CT molecular complexity index is 469. The maximum Gasteiger partial charge on any atom is 0.117 e. The number of aliphatic hydroxyl groups is 1. The number of fused-ring (bicyclic) bond motifs is 1. The topological polar surface area (TPSA) is 45.1 Å². The van der Waals surface area contributed by atoms with Crippen LogP contribution in [0.2, 0.25) is 0 Å². The van der Waals surface area contributed by atoms with Crippen LogP contribution in [0.1, 0.15) is 13.8 Å². The maximum atomic E-state index is 9.09. The maximum absolute atomic E-state index is 9.09. The number of hydrogen-bond donors (Lipinski definition) is 2. The molecule has 0 radical (unpaired) electrons. The first kappa shape index (κ1) is 11.4. The molecule has 1 heterocycles. The van der Waals surface area contributed by atoms with Crippen LogP contribution < -0.4 is 5.32 Å². The van der Waals surface area contributed by atoms with Crippen molar-refractivity contribution in [3.8, 4) is 0 Å². The summed E-state index contributed by atoms with van der Waals surface area (Å²) in [6.07, 6.45) is 0. The Hall–Kier alpha value is -1.13. The molecule has 86 valence electrons. The van der Waals surface area contributed by atoms with Crippen LogP contribution >= 0.6 is 11.5 Å². The summed E-state index contributed by atoms with van der Waals surface area (Å²) in [4.78, 5) is 0. The van der Waals surface area contributed by atoms with Gasteiger partial charge in [-0.3, -0.25) is 0 Å². The van der Waals surface area contributed by atoms with Gasteiger partial charge in [0, 0.05) is 18.0 Å². The van der Waals surface area contributed by atoms with Crippen LogP contribution in [-0.4, -0.2) is 22.1 Å². The van der Waals surface area contributed by atoms with E-state index >= 15 is 0 Å². The third kappa shape index (κ3) is 2.18. The van der Waals surface area contributed by atoms with Crippen LogP contribution in [0.5, 0.6) is 0 Å². The standard InChI is InChI=1S/C12H16N2OS/c1-8(7-15)9(2)13-12-10-5-3-4-6-11(10)14-16-12/h3-6,8-9,13,15H,7H2,1-2H3. The first-order valence-corrected chi connectivity index (χ1v) is 6.21. The van der Waals surface area contributed by atoms with E-state index in [1.165, 1.54) is 11.5 Å². The van der Waals surface area contributed by atoms with Gasteiger partial charge in [-0.05, 0) is 36.5 Å². The zero-order chi connectivity index (χ0) is 11.5. The first-order valence-electron chi connectivity index (χ1n) is 5.44. The second-order valence-corrected chi connectivity index (χ2v) is 4.90. The van der Waals surface area contributed by atoms with Crippen molar-refractivity contribution in [3.63, 3.8) is 0 Å². The van der Waals surface area contributed by atoms with Gasteiger partial charge in [-0.25, -0.2) is 0 Å². The minimum absolute atomic E-state index is 0.199. The lowest BCUT2D eigenvalue weighted by atomic mass is 10.1. The molecule has 2 aromatic rings. The Labute approximate surface area is 99.3 Å². The van der Waals surface area contributed by atoms with Crippen LogP contribution in [0.3, 0.4) is 0 Å². The molecule has 0 amide bonds. The summed E-state index contributed by atoms with van der Waals surface area (Å²) in [5.41, 5.74) is 1.03. The van der Waals surface area contributed by atoms with Gasteiger partial charge < -0.3 is 10.4 Å². The molecule has 0 aliphatic rings. The quantitative estimate of drug-likeness (QED) is 0.858. The van der Waals surface area contributed by atoms with E-state index < -0.39 is 0 Å². The Morgan fingerprint density at radius 2 is 2.12 bits per heavy atom. The fourth-order valence-electron chi connectivity index (χ4n) is 1.50. The zero-order valence-corrected chi connectivity index (χ0v) is 10.3. The lowest BCUT2D eigenvalue weighted by Gasteiger charge is -2.19. The lowest BCUT2D eigenvalue weighted by Crippen LogP contribution is -2.25. The molecule has 1 aromatic carbocycles. The SMILES string of the molecule is CC(CO)C(C)Nc1snc2ccccc12. The number of hydrogen-bond acceptors (Lipinski definition) is 4. The second kappa shape index (κ2) is 4.80. The van der Waals surface area contributed by atoms with E-state index in [0.717, 1.165) is 15.9 Å². The minimum atomic E-state index is 0.199. The number of aromatic nitrogens is 1. The van der Waals surface area contributed by atoms with Crippen molar-refractivity contribution in [1.29, 1.82) is 0 Å². The van der Waals surface area contributed by atoms with Crippen molar-refractivity contribution in [2.75, 3.05) is 11.9 Å². The summed E-state index contributed by atoms with van der Waals surface area (Å²) in [6.45, 7) is 4.31. The van der Waals surface area contributed by atoms with E-state index in [1.807, 2.05) is 25.1 Å². The average molecular weight is 236 g/mol. The smallest absolute Gasteiger partial charge is 0.117 e. The summed E-state index contributed by atoms with van der Waals surface area (Å²) >= 11 is 1.48. The molecule has 0 spiro atoms. The monoisotopic (exact) mass is 236 g/mol. The Kier molecular flexibility index (Phi) is 3.41. The Morgan fingerprint density at radius 1 is 1.38 bits per heavy atom. The molecule has 1 aromatic heterocycles. The van der Waals surface area contributed by atoms with E-state index in [9.17, 15) is 0 Å². The van der Waals surface area contributed by atoms with Crippen molar-refractivity contribution < 1.29 is 5.11 Å². The molecular formula is C12H16N2OS. The van der Waals surface area contributed by atoms with Gasteiger partial charge in [-0.15, -0.1) is 0 Å². The number of benzene rings is 1. The van der Waals surface area contributed by atoms with Crippen molar-refractivity contribution in [2.24, 2.45) is 5.92 Å². The Balaban J connectivity index is 2.21. The summed E-state index contributed by atoms with van der Waals surface area (Å²) in [5.74, 6) is 0.237. The number of nitrogens with zero attached hydrogens (tertiary/aromatic N) is 1. The number of aliphatic hydroxyl groups excluding tert-OH is 1. The highest BCUT2D eigenvalue weighted by atomic mass is 32.1. The van der Waals surface area contributed by atoms with E-state index in [2.05, 4.69) is 22.7 Å². The van der Waals surface area contributed by atoms with Crippen LogP contribution in [0.4, 0.5) is 5.00 Å². The van der Waals surface area contributed by atoms with E-state index in [4.69, 9.17) is 5.11 Å². The average Bonchev–Trinajstić information content (AvgIpc) is 2.72. The van der Waals surface area contributed by atoms with Gasteiger partial charge >= 0.3 is 0 Å². The number of rotatable bonds is 4. The van der Waals surface area contributed by atoms with Crippen molar-refractivity contribution in [3.05, 3.63) is 24.3 Å². The molecule has 2 rings (SSSR count). The molecule has 2 N–H and O–H groups in total. The molecule has 0 bridgehead atoms. The molecular weight excluding hydrogens is 220 g/mol.